The molecule has 0 spiro atoms. The van der Waals surface area contributed by atoms with Crippen LogP contribution < -0.4 is 10.3 Å². The molecule has 0 aliphatic carbocycles. The fraction of sp³-hybridized carbons (Fsp3) is 0.167. The second-order valence-electron chi connectivity index (χ2n) is 3.92. The summed E-state index contributed by atoms with van der Waals surface area (Å²) >= 11 is 6.90. The van der Waals surface area contributed by atoms with Crippen LogP contribution in [0.1, 0.15) is 12.6 Å². The molecule has 20 heavy (non-hydrogen) atoms. The Morgan fingerprint density at radius 2 is 2.30 bits per heavy atom. The third-order valence-corrected chi connectivity index (χ3v) is 3.56. The van der Waals surface area contributed by atoms with Gasteiger partial charge in [0, 0.05) is 11.8 Å². The van der Waals surface area contributed by atoms with Crippen LogP contribution in [0.25, 0.3) is 4.96 Å². The second kappa shape index (κ2) is 5.18. The van der Waals surface area contributed by atoms with Gasteiger partial charge in [-0.05, 0) is 29.9 Å². The van der Waals surface area contributed by atoms with Crippen molar-refractivity contribution in [2.45, 2.75) is 13.3 Å². The number of hydrogen-bond donors (Lipinski definition) is 0. The summed E-state index contributed by atoms with van der Waals surface area (Å²) in [5.74, 6) is 0.497. The van der Waals surface area contributed by atoms with E-state index >= 15 is 0 Å². The molecular formula is C12H9ClN4O2S. The van der Waals surface area contributed by atoms with E-state index in [0.717, 1.165) is 5.69 Å². The van der Waals surface area contributed by atoms with Crippen LogP contribution in [0.15, 0.2) is 29.2 Å². The van der Waals surface area contributed by atoms with Crippen LogP contribution in [0, 0.1) is 0 Å². The van der Waals surface area contributed by atoms with Gasteiger partial charge < -0.3 is 4.74 Å². The molecule has 102 valence electrons. The summed E-state index contributed by atoms with van der Waals surface area (Å²) in [5, 5.41) is 4.79. The van der Waals surface area contributed by atoms with Crippen molar-refractivity contribution in [3.63, 3.8) is 0 Å². The van der Waals surface area contributed by atoms with Crippen LogP contribution >= 0.6 is 22.9 Å². The van der Waals surface area contributed by atoms with Crippen molar-refractivity contribution in [1.82, 2.24) is 19.6 Å². The van der Waals surface area contributed by atoms with Crippen molar-refractivity contribution < 1.29 is 4.74 Å². The number of aromatic nitrogens is 4. The first kappa shape index (κ1) is 13.0. The average Bonchev–Trinajstić information content (AvgIpc) is 2.84. The highest BCUT2D eigenvalue weighted by atomic mass is 35.5. The van der Waals surface area contributed by atoms with E-state index in [1.165, 1.54) is 28.1 Å². The number of hydrogen-bond acceptors (Lipinski definition) is 6. The maximum absolute atomic E-state index is 11.9. The van der Waals surface area contributed by atoms with E-state index in [-0.39, 0.29) is 5.56 Å². The van der Waals surface area contributed by atoms with Crippen LogP contribution in [-0.4, -0.2) is 19.6 Å². The summed E-state index contributed by atoms with van der Waals surface area (Å²) in [5.41, 5.74) is 0.519. The fourth-order valence-electron chi connectivity index (χ4n) is 1.58. The molecule has 8 heteroatoms. The minimum Gasteiger partial charge on any atom is -0.428 e. The second-order valence-corrected chi connectivity index (χ2v) is 5.23. The molecule has 0 saturated carbocycles. The van der Waals surface area contributed by atoms with Crippen LogP contribution in [0.5, 0.6) is 10.9 Å². The van der Waals surface area contributed by atoms with E-state index in [2.05, 4.69) is 15.1 Å². The Labute approximate surface area is 122 Å². The minimum absolute atomic E-state index is 0.216. The van der Waals surface area contributed by atoms with Gasteiger partial charge >= 0.3 is 0 Å². The zero-order chi connectivity index (χ0) is 14.1. The summed E-state index contributed by atoms with van der Waals surface area (Å²) in [6, 6.07) is 4.76. The highest BCUT2D eigenvalue weighted by Crippen LogP contribution is 2.25. The molecule has 3 rings (SSSR count). The Balaban J connectivity index is 1.98. The van der Waals surface area contributed by atoms with E-state index in [9.17, 15) is 4.79 Å². The Morgan fingerprint density at radius 1 is 1.45 bits per heavy atom. The zero-order valence-corrected chi connectivity index (χ0v) is 12.0. The summed E-state index contributed by atoms with van der Waals surface area (Å²) in [7, 11) is 0. The Bertz CT molecular complexity index is 812. The Hall–Kier alpha value is -1.99. The molecule has 0 aromatic carbocycles. The van der Waals surface area contributed by atoms with Gasteiger partial charge in [-0.1, -0.05) is 18.5 Å². The first-order valence-corrected chi connectivity index (χ1v) is 7.04. The van der Waals surface area contributed by atoms with Crippen LogP contribution in [-0.2, 0) is 6.42 Å². The third kappa shape index (κ3) is 2.50. The molecule has 0 bridgehead atoms. The zero-order valence-electron chi connectivity index (χ0n) is 10.4. The first-order valence-electron chi connectivity index (χ1n) is 5.85. The van der Waals surface area contributed by atoms with Gasteiger partial charge in [0.25, 0.3) is 10.8 Å². The normalized spacial score (nSPS) is 10.9. The quantitative estimate of drug-likeness (QED) is 0.695. The lowest BCUT2D eigenvalue weighted by Crippen LogP contribution is -2.14. The number of ether oxygens (including phenoxy) is 1. The maximum Gasteiger partial charge on any atom is 0.300 e. The summed E-state index contributed by atoms with van der Waals surface area (Å²) in [4.78, 5) is 20.6. The number of fused-ring (bicyclic) bond motifs is 1. The smallest absolute Gasteiger partial charge is 0.300 e. The van der Waals surface area contributed by atoms with E-state index in [4.69, 9.17) is 16.3 Å². The molecule has 0 aliphatic heterocycles. The van der Waals surface area contributed by atoms with E-state index in [1.54, 1.807) is 12.1 Å². The first-order chi connectivity index (χ1) is 9.65. The molecule has 0 atom stereocenters. The van der Waals surface area contributed by atoms with E-state index in [1.807, 2.05) is 6.92 Å². The molecule has 3 heterocycles. The summed E-state index contributed by atoms with van der Waals surface area (Å²) < 4.78 is 6.76. The standard InChI is InChI=1S/C12H9ClN4O2S/c1-2-7-5-10(18)17-11(15-7)20-12(16-17)19-8-3-4-9(13)14-6-8/h3-6H,2H2,1H3. The molecule has 0 N–H and O–H groups in total. The topological polar surface area (TPSA) is 69.4 Å². The lowest BCUT2D eigenvalue weighted by molar-refractivity contribution is 0.467. The third-order valence-electron chi connectivity index (χ3n) is 2.55. The highest BCUT2D eigenvalue weighted by molar-refractivity contribution is 7.18. The predicted molar refractivity (Wildman–Crippen MR) is 75.8 cm³/mol. The number of halogens is 1. The van der Waals surface area contributed by atoms with Crippen molar-refractivity contribution in [2.75, 3.05) is 0 Å². The van der Waals surface area contributed by atoms with Gasteiger partial charge in [-0.25, -0.2) is 9.97 Å². The van der Waals surface area contributed by atoms with Crippen LogP contribution in [0.2, 0.25) is 5.15 Å². The lowest BCUT2D eigenvalue weighted by Gasteiger charge is -1.98. The van der Waals surface area contributed by atoms with Gasteiger partial charge in [0.15, 0.2) is 0 Å². The van der Waals surface area contributed by atoms with Crippen molar-refractivity contribution in [2.24, 2.45) is 0 Å². The van der Waals surface area contributed by atoms with Gasteiger partial charge in [0.2, 0.25) is 4.96 Å². The number of nitrogens with zero attached hydrogens (tertiary/aromatic N) is 4. The Kier molecular flexibility index (Phi) is 3.37. The van der Waals surface area contributed by atoms with Gasteiger partial charge in [-0.15, -0.1) is 5.10 Å². The van der Waals surface area contributed by atoms with Crippen molar-refractivity contribution in [3.8, 4) is 10.9 Å². The van der Waals surface area contributed by atoms with Crippen molar-refractivity contribution >= 4 is 27.9 Å². The number of aryl methyl sites for hydroxylation is 1. The molecule has 3 aromatic heterocycles. The molecule has 0 aliphatic rings. The molecule has 0 radical (unpaired) electrons. The van der Waals surface area contributed by atoms with E-state index in [0.29, 0.717) is 27.5 Å². The summed E-state index contributed by atoms with van der Waals surface area (Å²) in [6.07, 6.45) is 2.18. The molecular weight excluding hydrogens is 300 g/mol. The number of rotatable bonds is 3. The minimum atomic E-state index is -0.216. The predicted octanol–water partition coefficient (Wildman–Crippen LogP) is 2.55. The molecule has 0 unspecified atom stereocenters. The van der Waals surface area contributed by atoms with Gasteiger partial charge in [-0.2, -0.15) is 4.52 Å². The monoisotopic (exact) mass is 308 g/mol. The van der Waals surface area contributed by atoms with Gasteiger partial charge in [-0.3, -0.25) is 4.79 Å². The molecule has 0 amide bonds. The van der Waals surface area contributed by atoms with Crippen molar-refractivity contribution in [1.29, 1.82) is 0 Å². The molecule has 0 fully saturated rings. The largest absolute Gasteiger partial charge is 0.428 e. The summed E-state index contributed by atoms with van der Waals surface area (Å²) in [6.45, 7) is 1.94. The highest BCUT2D eigenvalue weighted by Gasteiger charge is 2.10. The van der Waals surface area contributed by atoms with Crippen LogP contribution in [0.4, 0.5) is 0 Å². The number of pyridine rings is 1. The lowest BCUT2D eigenvalue weighted by atomic mass is 10.3. The molecule has 0 saturated heterocycles. The van der Waals surface area contributed by atoms with Gasteiger partial charge in [0.1, 0.15) is 10.9 Å². The Morgan fingerprint density at radius 3 is 3.00 bits per heavy atom. The average molecular weight is 309 g/mol. The van der Waals surface area contributed by atoms with Crippen molar-refractivity contribution in [3.05, 3.63) is 45.6 Å². The maximum atomic E-state index is 11.9. The fourth-order valence-corrected chi connectivity index (χ4v) is 2.49. The molecule has 3 aromatic rings. The molecule has 6 nitrogen and oxygen atoms in total. The SMILES string of the molecule is CCc1cc(=O)n2nc(Oc3ccc(Cl)nc3)sc2n1. The van der Waals surface area contributed by atoms with E-state index < -0.39 is 0 Å². The van der Waals surface area contributed by atoms with Crippen LogP contribution in [0.3, 0.4) is 0 Å². The van der Waals surface area contributed by atoms with Gasteiger partial charge in [0.05, 0.1) is 6.20 Å².